The van der Waals surface area contributed by atoms with Gasteiger partial charge in [-0.05, 0) is 66.9 Å². The van der Waals surface area contributed by atoms with Crippen molar-refractivity contribution in [2.75, 3.05) is 25.6 Å². The number of hydrogen-bond acceptors (Lipinski definition) is 7. The van der Waals surface area contributed by atoms with Crippen LogP contribution in [-0.4, -0.2) is 41.8 Å². The molecule has 0 radical (unpaired) electrons. The number of aromatic hydroxyl groups is 1. The Balaban J connectivity index is 1.74. The summed E-state index contributed by atoms with van der Waals surface area (Å²) in [5.41, 5.74) is 3.51. The van der Waals surface area contributed by atoms with Crippen molar-refractivity contribution in [2.45, 2.75) is 38.5 Å². The van der Waals surface area contributed by atoms with Crippen LogP contribution in [0.5, 0.6) is 11.5 Å². The van der Waals surface area contributed by atoms with Crippen molar-refractivity contribution >= 4 is 46.0 Å². The molecule has 2 aliphatic rings. The number of amides is 1. The topological polar surface area (TPSA) is 65.4 Å². The fourth-order valence-corrected chi connectivity index (χ4v) is 6.11. The van der Waals surface area contributed by atoms with Crippen LogP contribution in [0.3, 0.4) is 0 Å². The van der Waals surface area contributed by atoms with Crippen LogP contribution in [0.2, 0.25) is 0 Å². The first-order chi connectivity index (χ1) is 15.2. The van der Waals surface area contributed by atoms with Crippen LogP contribution < -0.4 is 9.64 Å². The first-order valence-corrected chi connectivity index (χ1v) is 12.1. The van der Waals surface area contributed by atoms with E-state index in [4.69, 9.17) is 9.73 Å². The number of amidine groups is 1. The maximum atomic E-state index is 13.3. The van der Waals surface area contributed by atoms with E-state index in [0.29, 0.717) is 16.6 Å². The van der Waals surface area contributed by atoms with E-state index in [1.807, 2.05) is 63.9 Å². The second-order valence-electron chi connectivity index (χ2n) is 8.03. The van der Waals surface area contributed by atoms with Crippen LogP contribution in [0.1, 0.15) is 37.8 Å². The van der Waals surface area contributed by atoms with Gasteiger partial charge in [-0.15, -0.1) is 0 Å². The Morgan fingerprint density at radius 3 is 2.59 bits per heavy atom. The minimum Gasteiger partial charge on any atom is -0.508 e. The lowest BCUT2D eigenvalue weighted by Gasteiger charge is -2.16. The largest absolute Gasteiger partial charge is 0.508 e. The highest BCUT2D eigenvalue weighted by Gasteiger charge is 2.38. The van der Waals surface area contributed by atoms with E-state index in [1.54, 1.807) is 29.8 Å². The molecule has 0 spiro atoms. The molecule has 8 heteroatoms. The number of carbonyl (C=O) groups is 1. The molecule has 0 saturated carbocycles. The van der Waals surface area contributed by atoms with Crippen molar-refractivity contribution in [3.05, 3.63) is 51.4 Å². The van der Waals surface area contributed by atoms with Gasteiger partial charge in [0.15, 0.2) is 5.17 Å². The van der Waals surface area contributed by atoms with Gasteiger partial charge in [0, 0.05) is 24.6 Å². The molecule has 0 aromatic heterocycles. The van der Waals surface area contributed by atoms with Crippen molar-refractivity contribution in [3.63, 3.8) is 0 Å². The standard InChI is InChI=1S/C24H27N3O3S2/c1-7-27-22(29)21(23-26(5)18-11-15(30-6)8-9-20(18)31-23)32-24(27)25-17-12-16(13(2)3)19(28)10-14(17)4/h8-13,28H,7H2,1-6H3/b23-21-,25-24?. The minimum atomic E-state index is -0.0362. The Labute approximate surface area is 197 Å². The molecule has 6 nitrogen and oxygen atoms in total. The lowest BCUT2D eigenvalue weighted by atomic mass is 9.99. The second-order valence-corrected chi connectivity index (χ2v) is 10.0. The number of benzene rings is 2. The third kappa shape index (κ3) is 3.86. The molecule has 0 atom stereocenters. The summed E-state index contributed by atoms with van der Waals surface area (Å²) < 4.78 is 5.36. The van der Waals surface area contributed by atoms with Gasteiger partial charge < -0.3 is 14.7 Å². The van der Waals surface area contributed by atoms with Crippen molar-refractivity contribution in [2.24, 2.45) is 4.99 Å². The molecule has 1 saturated heterocycles. The molecular formula is C24H27N3O3S2. The third-order valence-electron chi connectivity index (χ3n) is 5.60. The number of fused-ring (bicyclic) bond motifs is 1. The fourth-order valence-electron chi connectivity index (χ4n) is 3.73. The number of hydrogen-bond donors (Lipinski definition) is 1. The molecule has 168 valence electrons. The highest BCUT2D eigenvalue weighted by atomic mass is 32.2. The smallest absolute Gasteiger partial charge is 0.269 e. The van der Waals surface area contributed by atoms with Gasteiger partial charge in [-0.3, -0.25) is 9.69 Å². The molecule has 0 bridgehead atoms. The number of nitrogens with zero attached hydrogens (tertiary/aromatic N) is 3. The first kappa shape index (κ1) is 22.6. The quantitative estimate of drug-likeness (QED) is 0.569. The minimum absolute atomic E-state index is 0.0362. The molecule has 0 aliphatic carbocycles. The van der Waals surface area contributed by atoms with Crippen LogP contribution in [0.4, 0.5) is 11.4 Å². The average molecular weight is 470 g/mol. The molecule has 2 aromatic carbocycles. The Morgan fingerprint density at radius 1 is 1.19 bits per heavy atom. The highest BCUT2D eigenvalue weighted by molar-refractivity contribution is 8.19. The Morgan fingerprint density at radius 2 is 1.94 bits per heavy atom. The van der Waals surface area contributed by atoms with Gasteiger partial charge in [0.1, 0.15) is 16.4 Å². The van der Waals surface area contributed by atoms with Crippen LogP contribution in [0, 0.1) is 6.92 Å². The summed E-state index contributed by atoms with van der Waals surface area (Å²) in [6, 6.07) is 9.61. The molecule has 2 aliphatic heterocycles. The number of anilines is 1. The lowest BCUT2D eigenvalue weighted by molar-refractivity contribution is -0.122. The molecule has 0 unspecified atom stereocenters. The van der Waals surface area contributed by atoms with Gasteiger partial charge in [0.2, 0.25) is 0 Å². The molecule has 2 heterocycles. The van der Waals surface area contributed by atoms with E-state index in [0.717, 1.165) is 38.2 Å². The number of aliphatic imine (C=N–C) groups is 1. The van der Waals surface area contributed by atoms with Crippen LogP contribution in [0.25, 0.3) is 0 Å². The summed E-state index contributed by atoms with van der Waals surface area (Å²) >= 11 is 3.00. The van der Waals surface area contributed by atoms with Gasteiger partial charge in [-0.2, -0.15) is 0 Å². The zero-order chi connectivity index (χ0) is 23.2. The summed E-state index contributed by atoms with van der Waals surface area (Å²) in [5, 5.41) is 11.8. The third-order valence-corrected chi connectivity index (χ3v) is 8.03. The van der Waals surface area contributed by atoms with Crippen molar-refractivity contribution in [1.29, 1.82) is 0 Å². The van der Waals surface area contributed by atoms with E-state index < -0.39 is 0 Å². The van der Waals surface area contributed by atoms with E-state index in [2.05, 4.69) is 0 Å². The van der Waals surface area contributed by atoms with Crippen molar-refractivity contribution in [3.8, 4) is 11.5 Å². The summed E-state index contributed by atoms with van der Waals surface area (Å²) in [6.45, 7) is 8.48. The van der Waals surface area contributed by atoms with Gasteiger partial charge in [0.25, 0.3) is 5.91 Å². The van der Waals surface area contributed by atoms with E-state index in [1.165, 1.54) is 11.8 Å². The molecule has 32 heavy (non-hydrogen) atoms. The van der Waals surface area contributed by atoms with Crippen LogP contribution in [0.15, 0.2) is 50.2 Å². The fraction of sp³-hybridized carbons (Fsp3) is 0.333. The van der Waals surface area contributed by atoms with Crippen LogP contribution in [-0.2, 0) is 4.79 Å². The SMILES string of the molecule is CCN1C(=O)/C(=C2/Sc3ccc(OC)cc3N2C)SC1=Nc1cc(C(C)C)c(O)cc1C. The van der Waals surface area contributed by atoms with Gasteiger partial charge >= 0.3 is 0 Å². The van der Waals surface area contributed by atoms with E-state index in [9.17, 15) is 9.90 Å². The van der Waals surface area contributed by atoms with Gasteiger partial charge in [0.05, 0.1) is 23.5 Å². The number of phenolic OH excluding ortho intramolecular Hbond substituents is 1. The molecule has 1 N–H and O–H groups in total. The molecule has 4 rings (SSSR count). The highest BCUT2D eigenvalue weighted by Crippen LogP contribution is 2.51. The van der Waals surface area contributed by atoms with E-state index >= 15 is 0 Å². The van der Waals surface area contributed by atoms with Crippen molar-refractivity contribution in [1.82, 2.24) is 4.90 Å². The number of methoxy groups -OCH3 is 1. The normalized spacial score (nSPS) is 19.5. The Kier molecular flexibility index (Phi) is 6.18. The van der Waals surface area contributed by atoms with Gasteiger partial charge in [-0.1, -0.05) is 25.6 Å². The zero-order valence-corrected chi connectivity index (χ0v) is 20.7. The molecule has 2 aromatic rings. The lowest BCUT2D eigenvalue weighted by Crippen LogP contribution is -2.29. The number of aryl methyl sites for hydroxylation is 1. The molecular weight excluding hydrogens is 442 g/mol. The number of carbonyl (C=O) groups excluding carboxylic acids is 1. The van der Waals surface area contributed by atoms with Crippen LogP contribution >= 0.6 is 23.5 Å². The number of likely N-dealkylation sites (N-methyl/N-ethyl adjacent to an activating group) is 1. The predicted molar refractivity (Wildman–Crippen MR) is 133 cm³/mol. The predicted octanol–water partition coefficient (Wildman–Crippen LogP) is 5.83. The summed E-state index contributed by atoms with van der Waals surface area (Å²) in [7, 11) is 3.62. The number of phenols is 1. The Bertz CT molecular complexity index is 1160. The summed E-state index contributed by atoms with van der Waals surface area (Å²) in [6.07, 6.45) is 0. The van der Waals surface area contributed by atoms with Crippen molar-refractivity contribution < 1.29 is 14.6 Å². The maximum Gasteiger partial charge on any atom is 0.269 e. The van der Waals surface area contributed by atoms with Gasteiger partial charge in [-0.25, -0.2) is 4.99 Å². The second kappa shape index (κ2) is 8.75. The molecule has 1 fully saturated rings. The average Bonchev–Trinajstić information content (AvgIpc) is 3.25. The Hall–Kier alpha value is -2.58. The number of rotatable bonds is 4. The summed E-state index contributed by atoms with van der Waals surface area (Å²) in [5.74, 6) is 1.20. The monoisotopic (exact) mass is 469 g/mol. The number of ether oxygens (including phenoxy) is 1. The number of thioether (sulfide) groups is 2. The summed E-state index contributed by atoms with van der Waals surface area (Å²) in [4.78, 5) is 23.7. The first-order valence-electron chi connectivity index (χ1n) is 10.5. The zero-order valence-electron chi connectivity index (χ0n) is 19.1. The van der Waals surface area contributed by atoms with E-state index in [-0.39, 0.29) is 17.6 Å². The maximum absolute atomic E-state index is 13.3. The molecule has 1 amide bonds.